The number of anilines is 1. The molecule has 1 amide bonds. The topological polar surface area (TPSA) is 108 Å². The Morgan fingerprint density at radius 1 is 1.30 bits per heavy atom. The molecule has 0 fully saturated rings. The van der Waals surface area contributed by atoms with Gasteiger partial charge in [-0.3, -0.25) is 24.3 Å². The van der Waals surface area contributed by atoms with Crippen LogP contribution >= 0.6 is 0 Å². The van der Waals surface area contributed by atoms with Gasteiger partial charge in [0.2, 0.25) is 5.91 Å². The zero-order valence-electron chi connectivity index (χ0n) is 15.1. The molecule has 3 aromatic rings. The van der Waals surface area contributed by atoms with E-state index in [4.69, 9.17) is 0 Å². The second kappa shape index (κ2) is 7.81. The van der Waals surface area contributed by atoms with Crippen LogP contribution in [0, 0.1) is 23.0 Å². The fraction of sp³-hybridized carbons (Fsp3) is 0.278. The summed E-state index contributed by atoms with van der Waals surface area (Å²) in [7, 11) is 0. The summed E-state index contributed by atoms with van der Waals surface area (Å²) in [4.78, 5) is 22.5. The summed E-state index contributed by atoms with van der Waals surface area (Å²) in [6.07, 6.45) is 4.28. The molecule has 1 N–H and O–H groups in total. The van der Waals surface area contributed by atoms with E-state index in [-0.39, 0.29) is 18.1 Å². The summed E-state index contributed by atoms with van der Waals surface area (Å²) in [5.74, 6) is -0.188. The number of rotatable bonds is 7. The Hall–Kier alpha value is -3.49. The second-order valence-electron chi connectivity index (χ2n) is 6.39. The van der Waals surface area contributed by atoms with Crippen LogP contribution in [0.1, 0.15) is 18.1 Å². The van der Waals surface area contributed by atoms with E-state index in [0.29, 0.717) is 12.4 Å². The van der Waals surface area contributed by atoms with Gasteiger partial charge in [-0.15, -0.1) is 0 Å². The predicted octanol–water partition coefficient (Wildman–Crippen LogP) is 2.62. The van der Waals surface area contributed by atoms with Crippen molar-refractivity contribution < 1.29 is 9.72 Å². The molecule has 27 heavy (non-hydrogen) atoms. The third-order valence-corrected chi connectivity index (χ3v) is 4.22. The van der Waals surface area contributed by atoms with Gasteiger partial charge in [0.15, 0.2) is 5.82 Å². The third kappa shape index (κ3) is 4.57. The van der Waals surface area contributed by atoms with E-state index in [2.05, 4.69) is 15.5 Å². The first-order chi connectivity index (χ1) is 12.9. The van der Waals surface area contributed by atoms with Crippen LogP contribution in [0.5, 0.6) is 0 Å². The highest BCUT2D eigenvalue weighted by atomic mass is 16.6. The Kier molecular flexibility index (Phi) is 5.30. The van der Waals surface area contributed by atoms with Gasteiger partial charge in [0, 0.05) is 12.3 Å². The molecule has 0 aliphatic heterocycles. The number of aromatic nitrogens is 4. The molecule has 1 unspecified atom stereocenters. The van der Waals surface area contributed by atoms with Crippen molar-refractivity contribution in [2.75, 3.05) is 5.32 Å². The fourth-order valence-corrected chi connectivity index (χ4v) is 2.64. The minimum absolute atomic E-state index is 0.0995. The van der Waals surface area contributed by atoms with Gasteiger partial charge < -0.3 is 5.32 Å². The number of nitro groups is 1. The zero-order chi connectivity index (χ0) is 19.4. The maximum atomic E-state index is 12.3. The van der Waals surface area contributed by atoms with E-state index in [1.165, 1.54) is 16.4 Å². The average molecular weight is 368 g/mol. The van der Waals surface area contributed by atoms with Gasteiger partial charge in [-0.2, -0.15) is 10.2 Å². The molecule has 1 atom stereocenters. The Bertz CT molecular complexity index is 961. The maximum Gasteiger partial charge on any atom is 0.306 e. The van der Waals surface area contributed by atoms with Crippen LogP contribution in [-0.2, 0) is 17.9 Å². The molecule has 140 valence electrons. The molecule has 0 saturated carbocycles. The standard InChI is InChI=1S/C18H20N6O3/c1-13-5-3-4-6-15(13)11-22-8-7-17(21-22)20-18(25)14(2)10-23-12-16(9-19-23)24(26)27/h3-9,12,14H,10-11H2,1-2H3,(H,20,21,25). The first-order valence-corrected chi connectivity index (χ1v) is 8.48. The molecule has 0 radical (unpaired) electrons. The number of nitrogens with one attached hydrogen (secondary N) is 1. The van der Waals surface area contributed by atoms with Crippen LogP contribution in [0.15, 0.2) is 48.9 Å². The number of amides is 1. The molecule has 9 nitrogen and oxygen atoms in total. The lowest BCUT2D eigenvalue weighted by Crippen LogP contribution is -2.25. The molecule has 0 spiro atoms. The van der Waals surface area contributed by atoms with E-state index in [1.807, 2.05) is 37.4 Å². The normalized spacial score (nSPS) is 11.9. The third-order valence-electron chi connectivity index (χ3n) is 4.22. The van der Waals surface area contributed by atoms with Crippen molar-refractivity contribution in [1.29, 1.82) is 0 Å². The van der Waals surface area contributed by atoms with E-state index in [1.54, 1.807) is 17.7 Å². The number of nitrogens with zero attached hydrogens (tertiary/aromatic N) is 5. The first kappa shape index (κ1) is 18.3. The van der Waals surface area contributed by atoms with Gasteiger partial charge in [-0.05, 0) is 18.1 Å². The molecular weight excluding hydrogens is 348 g/mol. The highest BCUT2D eigenvalue weighted by Crippen LogP contribution is 2.13. The number of aryl methyl sites for hydroxylation is 1. The minimum atomic E-state index is -0.519. The molecule has 1 aromatic carbocycles. The van der Waals surface area contributed by atoms with Crippen molar-refractivity contribution in [3.8, 4) is 0 Å². The van der Waals surface area contributed by atoms with Crippen LogP contribution in [0.25, 0.3) is 0 Å². The molecule has 0 aliphatic rings. The van der Waals surface area contributed by atoms with Crippen molar-refractivity contribution in [1.82, 2.24) is 19.6 Å². The lowest BCUT2D eigenvalue weighted by Gasteiger charge is -2.10. The number of hydrogen-bond acceptors (Lipinski definition) is 5. The molecule has 2 heterocycles. The smallest absolute Gasteiger partial charge is 0.306 e. The second-order valence-corrected chi connectivity index (χ2v) is 6.39. The predicted molar refractivity (Wildman–Crippen MR) is 99.2 cm³/mol. The summed E-state index contributed by atoms with van der Waals surface area (Å²) in [5.41, 5.74) is 2.24. The van der Waals surface area contributed by atoms with Crippen LogP contribution in [0.3, 0.4) is 0 Å². The van der Waals surface area contributed by atoms with Crippen molar-refractivity contribution in [3.05, 3.63) is 70.2 Å². The van der Waals surface area contributed by atoms with Crippen molar-refractivity contribution >= 4 is 17.4 Å². The quantitative estimate of drug-likeness (QED) is 0.509. The largest absolute Gasteiger partial charge is 0.309 e. The van der Waals surface area contributed by atoms with Crippen molar-refractivity contribution in [2.24, 2.45) is 5.92 Å². The Labute approximate surface area is 155 Å². The Balaban J connectivity index is 1.58. The van der Waals surface area contributed by atoms with Crippen LogP contribution in [-0.4, -0.2) is 30.4 Å². The molecular formula is C18H20N6O3. The summed E-state index contributed by atoms with van der Waals surface area (Å²) >= 11 is 0. The summed E-state index contributed by atoms with van der Waals surface area (Å²) in [6, 6.07) is 9.80. The summed E-state index contributed by atoms with van der Waals surface area (Å²) in [6.45, 7) is 4.63. The molecule has 3 rings (SSSR count). The number of benzene rings is 1. The highest BCUT2D eigenvalue weighted by molar-refractivity contribution is 5.91. The van der Waals surface area contributed by atoms with Gasteiger partial charge in [0.25, 0.3) is 0 Å². The number of carbonyl (C=O) groups is 1. The number of hydrogen-bond donors (Lipinski definition) is 1. The molecule has 0 aliphatic carbocycles. The fourth-order valence-electron chi connectivity index (χ4n) is 2.64. The molecule has 0 bridgehead atoms. The maximum absolute atomic E-state index is 12.3. The van der Waals surface area contributed by atoms with Crippen molar-refractivity contribution in [3.63, 3.8) is 0 Å². The van der Waals surface area contributed by atoms with Gasteiger partial charge >= 0.3 is 5.69 Å². The number of carbonyl (C=O) groups excluding carboxylic acids is 1. The zero-order valence-corrected chi connectivity index (χ0v) is 15.1. The Morgan fingerprint density at radius 3 is 2.78 bits per heavy atom. The Morgan fingerprint density at radius 2 is 2.07 bits per heavy atom. The molecule has 2 aromatic heterocycles. The van der Waals surface area contributed by atoms with E-state index < -0.39 is 10.8 Å². The average Bonchev–Trinajstić information content (AvgIpc) is 3.26. The minimum Gasteiger partial charge on any atom is -0.309 e. The molecule has 0 saturated heterocycles. The molecule has 9 heteroatoms. The summed E-state index contributed by atoms with van der Waals surface area (Å²) in [5, 5.41) is 21.7. The lowest BCUT2D eigenvalue weighted by atomic mass is 10.1. The van der Waals surface area contributed by atoms with E-state index in [0.717, 1.165) is 11.8 Å². The van der Waals surface area contributed by atoms with E-state index in [9.17, 15) is 14.9 Å². The first-order valence-electron chi connectivity index (χ1n) is 8.48. The van der Waals surface area contributed by atoms with Crippen LogP contribution in [0.4, 0.5) is 11.5 Å². The lowest BCUT2D eigenvalue weighted by molar-refractivity contribution is -0.385. The summed E-state index contributed by atoms with van der Waals surface area (Å²) < 4.78 is 3.15. The van der Waals surface area contributed by atoms with Crippen LogP contribution in [0.2, 0.25) is 0 Å². The van der Waals surface area contributed by atoms with Gasteiger partial charge in [-0.25, -0.2) is 0 Å². The van der Waals surface area contributed by atoms with Crippen LogP contribution < -0.4 is 5.32 Å². The highest BCUT2D eigenvalue weighted by Gasteiger charge is 2.17. The SMILES string of the molecule is Cc1ccccc1Cn1ccc(NC(=O)C(C)Cn2cc([N+](=O)[O-])cn2)n1. The van der Waals surface area contributed by atoms with Gasteiger partial charge in [0.1, 0.15) is 12.4 Å². The van der Waals surface area contributed by atoms with Crippen molar-refractivity contribution in [2.45, 2.75) is 26.9 Å². The van der Waals surface area contributed by atoms with E-state index >= 15 is 0 Å². The monoisotopic (exact) mass is 368 g/mol. The van der Waals surface area contributed by atoms with Gasteiger partial charge in [-0.1, -0.05) is 31.2 Å². The van der Waals surface area contributed by atoms with Gasteiger partial charge in [0.05, 0.1) is 23.9 Å².